The number of carbonyl (C=O) groups excluding carboxylic acids is 1. The van der Waals surface area contributed by atoms with Gasteiger partial charge in [-0.1, -0.05) is 6.42 Å². The van der Waals surface area contributed by atoms with Crippen molar-refractivity contribution in [3.8, 4) is 0 Å². The quantitative estimate of drug-likeness (QED) is 0.746. The van der Waals surface area contributed by atoms with Gasteiger partial charge in [-0.15, -0.1) is 0 Å². The minimum atomic E-state index is -0.309. The second-order valence-corrected chi connectivity index (χ2v) is 8.51. The smallest absolute Gasteiger partial charge is 0.416 e. The molecule has 7 heteroatoms. The van der Waals surface area contributed by atoms with Crippen molar-refractivity contribution >= 4 is 11.9 Å². The maximum atomic E-state index is 12.7. The van der Waals surface area contributed by atoms with E-state index in [2.05, 4.69) is 14.9 Å². The number of hydrogen-bond acceptors (Lipinski definition) is 6. The summed E-state index contributed by atoms with van der Waals surface area (Å²) < 4.78 is 11.0. The van der Waals surface area contributed by atoms with E-state index in [-0.39, 0.29) is 11.7 Å². The van der Waals surface area contributed by atoms with E-state index in [1.54, 1.807) is 24.4 Å². The van der Waals surface area contributed by atoms with Gasteiger partial charge in [0, 0.05) is 26.0 Å². The monoisotopic (exact) mass is 388 g/mol. The van der Waals surface area contributed by atoms with Gasteiger partial charge in [-0.3, -0.25) is 9.88 Å². The van der Waals surface area contributed by atoms with Crippen LogP contribution in [0, 0.1) is 5.92 Å². The average molecular weight is 389 g/mol. The molecule has 0 bridgehead atoms. The third kappa shape index (κ3) is 4.30. The number of methoxy groups -OCH3 is 1. The Bertz CT molecular complexity index is 669. The predicted molar refractivity (Wildman–Crippen MR) is 106 cm³/mol. The first-order valence-corrected chi connectivity index (χ1v) is 10.7. The van der Waals surface area contributed by atoms with Crippen LogP contribution in [-0.4, -0.2) is 66.5 Å². The first kappa shape index (κ1) is 19.6. The fourth-order valence-electron chi connectivity index (χ4n) is 4.88. The van der Waals surface area contributed by atoms with Crippen LogP contribution in [0.5, 0.6) is 0 Å². The highest BCUT2D eigenvalue weighted by molar-refractivity contribution is 5.89. The van der Waals surface area contributed by atoms with Gasteiger partial charge in [-0.05, 0) is 64.0 Å². The van der Waals surface area contributed by atoms with Crippen molar-refractivity contribution in [2.75, 3.05) is 44.8 Å². The molecule has 0 N–H and O–H groups in total. The molecule has 2 saturated heterocycles. The number of piperidine rings is 1. The van der Waals surface area contributed by atoms with Crippen molar-refractivity contribution in [3.05, 3.63) is 18.1 Å². The minimum absolute atomic E-state index is 0.252. The average Bonchev–Trinajstić information content (AvgIpc) is 3.03. The zero-order valence-electron chi connectivity index (χ0n) is 16.9. The number of hydrogen-bond donors (Lipinski definition) is 0. The lowest BCUT2D eigenvalue weighted by Crippen LogP contribution is -2.37. The van der Waals surface area contributed by atoms with Crippen LogP contribution < -0.4 is 4.90 Å². The summed E-state index contributed by atoms with van der Waals surface area (Å²) in [6.45, 7) is 4.60. The third-order valence-electron chi connectivity index (χ3n) is 6.54. The highest BCUT2D eigenvalue weighted by Gasteiger charge is 2.47. The Morgan fingerprint density at radius 2 is 1.93 bits per heavy atom. The molecule has 154 valence electrons. The number of aromatic nitrogens is 2. The molecule has 3 fully saturated rings. The lowest BCUT2D eigenvalue weighted by molar-refractivity contribution is 0.0260. The highest BCUT2D eigenvalue weighted by Crippen LogP contribution is 2.39. The summed E-state index contributed by atoms with van der Waals surface area (Å²) in [5, 5.41) is 0. The normalized spacial score (nSPS) is 23.3. The fourth-order valence-corrected chi connectivity index (χ4v) is 4.88. The molecule has 1 aromatic heterocycles. The molecule has 28 heavy (non-hydrogen) atoms. The van der Waals surface area contributed by atoms with Crippen LogP contribution in [0.3, 0.4) is 0 Å². The summed E-state index contributed by atoms with van der Waals surface area (Å²) in [7, 11) is 1.75. The van der Waals surface area contributed by atoms with Gasteiger partial charge < -0.3 is 14.4 Å². The van der Waals surface area contributed by atoms with Gasteiger partial charge in [-0.25, -0.2) is 9.78 Å². The van der Waals surface area contributed by atoms with Gasteiger partial charge in [0.15, 0.2) is 5.82 Å². The minimum Gasteiger partial charge on any atom is -0.441 e. The lowest BCUT2D eigenvalue weighted by atomic mass is 9.85. The van der Waals surface area contributed by atoms with E-state index in [9.17, 15) is 4.79 Å². The zero-order valence-corrected chi connectivity index (χ0v) is 16.9. The SMILES string of the molecule is COCCN1CCC(Cc2nccnc2N2CC3(CCCCC3)OC2=O)CC1. The van der Waals surface area contributed by atoms with Gasteiger partial charge >= 0.3 is 6.09 Å². The van der Waals surface area contributed by atoms with Crippen molar-refractivity contribution in [2.24, 2.45) is 5.92 Å². The van der Waals surface area contributed by atoms with E-state index in [0.717, 1.165) is 76.9 Å². The molecule has 3 heterocycles. The number of rotatable bonds is 6. The van der Waals surface area contributed by atoms with E-state index in [4.69, 9.17) is 9.47 Å². The molecule has 0 unspecified atom stereocenters. The topological polar surface area (TPSA) is 67.8 Å². The Hall–Kier alpha value is -1.73. The maximum absolute atomic E-state index is 12.7. The van der Waals surface area contributed by atoms with Crippen LogP contribution in [0.25, 0.3) is 0 Å². The second kappa shape index (κ2) is 8.74. The summed E-state index contributed by atoms with van der Waals surface area (Å²) in [4.78, 5) is 26.0. The molecule has 7 nitrogen and oxygen atoms in total. The Kier molecular flexibility index (Phi) is 6.11. The molecule has 1 saturated carbocycles. The molecule has 0 radical (unpaired) electrons. The maximum Gasteiger partial charge on any atom is 0.416 e. The van der Waals surface area contributed by atoms with E-state index < -0.39 is 0 Å². The molecule has 1 spiro atoms. The second-order valence-electron chi connectivity index (χ2n) is 8.51. The fraction of sp³-hybridized carbons (Fsp3) is 0.762. The van der Waals surface area contributed by atoms with E-state index in [1.807, 2.05) is 0 Å². The molecule has 4 rings (SSSR count). The standard InChI is InChI=1S/C21H32N4O3/c1-27-14-13-24-11-5-17(6-12-24)15-18-19(23-10-9-22-18)25-16-21(28-20(25)26)7-3-2-4-8-21/h9-10,17H,2-8,11-16H2,1H3. The summed E-state index contributed by atoms with van der Waals surface area (Å²) in [6, 6.07) is 0. The number of amides is 1. The zero-order chi connectivity index (χ0) is 19.4. The molecule has 0 aromatic carbocycles. The predicted octanol–water partition coefficient (Wildman–Crippen LogP) is 3.04. The number of nitrogens with zero attached hydrogens (tertiary/aromatic N) is 4. The Morgan fingerprint density at radius 1 is 1.18 bits per heavy atom. The molecule has 1 amide bonds. The van der Waals surface area contributed by atoms with Gasteiger partial charge in [-0.2, -0.15) is 0 Å². The molecule has 2 aliphatic heterocycles. The highest BCUT2D eigenvalue weighted by atomic mass is 16.6. The first-order chi connectivity index (χ1) is 13.7. The van der Waals surface area contributed by atoms with E-state index in [0.29, 0.717) is 18.3 Å². The Morgan fingerprint density at radius 3 is 2.68 bits per heavy atom. The van der Waals surface area contributed by atoms with Gasteiger partial charge in [0.2, 0.25) is 0 Å². The Labute approximate surface area is 167 Å². The molecule has 0 atom stereocenters. The van der Waals surface area contributed by atoms with Crippen molar-refractivity contribution in [2.45, 2.75) is 57.0 Å². The van der Waals surface area contributed by atoms with Crippen LogP contribution in [-0.2, 0) is 15.9 Å². The molecular weight excluding hydrogens is 356 g/mol. The van der Waals surface area contributed by atoms with Crippen LogP contribution in [0.4, 0.5) is 10.6 Å². The van der Waals surface area contributed by atoms with E-state index in [1.165, 1.54) is 6.42 Å². The molecule has 1 aliphatic carbocycles. The van der Waals surface area contributed by atoms with Crippen LogP contribution in [0.1, 0.15) is 50.6 Å². The van der Waals surface area contributed by atoms with Crippen LogP contribution >= 0.6 is 0 Å². The molecule has 1 aromatic rings. The van der Waals surface area contributed by atoms with Crippen LogP contribution in [0.15, 0.2) is 12.4 Å². The molecular formula is C21H32N4O3. The van der Waals surface area contributed by atoms with Crippen molar-refractivity contribution < 1.29 is 14.3 Å². The van der Waals surface area contributed by atoms with Crippen LogP contribution in [0.2, 0.25) is 0 Å². The third-order valence-corrected chi connectivity index (χ3v) is 6.54. The van der Waals surface area contributed by atoms with Gasteiger partial charge in [0.1, 0.15) is 5.60 Å². The summed E-state index contributed by atoms with van der Waals surface area (Å²) in [5.41, 5.74) is 0.624. The summed E-state index contributed by atoms with van der Waals surface area (Å²) in [5.74, 6) is 1.29. The number of anilines is 1. The van der Waals surface area contributed by atoms with Crippen molar-refractivity contribution in [1.29, 1.82) is 0 Å². The Balaban J connectivity index is 1.41. The van der Waals surface area contributed by atoms with Gasteiger partial charge in [0.25, 0.3) is 0 Å². The number of ether oxygens (including phenoxy) is 2. The largest absolute Gasteiger partial charge is 0.441 e. The number of likely N-dealkylation sites (tertiary alicyclic amines) is 1. The van der Waals surface area contributed by atoms with E-state index >= 15 is 0 Å². The lowest BCUT2D eigenvalue weighted by Gasteiger charge is -2.32. The van der Waals surface area contributed by atoms with Crippen molar-refractivity contribution in [1.82, 2.24) is 14.9 Å². The molecule has 3 aliphatic rings. The number of carbonyl (C=O) groups is 1. The van der Waals surface area contributed by atoms with Gasteiger partial charge in [0.05, 0.1) is 18.8 Å². The first-order valence-electron chi connectivity index (χ1n) is 10.7. The summed E-state index contributed by atoms with van der Waals surface area (Å²) >= 11 is 0. The summed E-state index contributed by atoms with van der Waals surface area (Å²) in [6.07, 6.45) is 11.8. The van der Waals surface area contributed by atoms with Crippen molar-refractivity contribution in [3.63, 3.8) is 0 Å².